The molecule has 1 saturated carbocycles. The van der Waals surface area contributed by atoms with Crippen molar-refractivity contribution < 1.29 is 9.59 Å². The maximum atomic E-state index is 12.7. The number of aromatic nitrogens is 2. The number of aryl methyl sites for hydroxylation is 1. The maximum Gasteiger partial charge on any atom is 0.247 e. The highest BCUT2D eigenvalue weighted by molar-refractivity contribution is 5.98. The summed E-state index contributed by atoms with van der Waals surface area (Å²) in [7, 11) is 0. The number of likely N-dealkylation sites (tertiary alicyclic amines) is 1. The Labute approximate surface area is 153 Å². The van der Waals surface area contributed by atoms with Gasteiger partial charge in [0, 0.05) is 35.7 Å². The molecule has 4 rings (SSSR count). The van der Waals surface area contributed by atoms with Gasteiger partial charge in [-0.1, -0.05) is 6.92 Å². The monoisotopic (exact) mass is 352 g/mol. The van der Waals surface area contributed by atoms with Gasteiger partial charge < -0.3 is 14.8 Å². The molecule has 1 atom stereocenters. The van der Waals surface area contributed by atoms with Crippen LogP contribution < -0.4 is 5.32 Å². The molecule has 6 nitrogen and oxygen atoms in total. The number of benzene rings is 1. The van der Waals surface area contributed by atoms with Gasteiger partial charge in [-0.25, -0.2) is 4.98 Å². The molecular weight excluding hydrogens is 328 g/mol. The second-order valence-corrected chi connectivity index (χ2v) is 7.60. The van der Waals surface area contributed by atoms with Crippen LogP contribution in [0.2, 0.25) is 0 Å². The van der Waals surface area contributed by atoms with Crippen molar-refractivity contribution in [1.82, 2.24) is 14.5 Å². The van der Waals surface area contributed by atoms with Crippen molar-refractivity contribution in [2.45, 2.75) is 45.6 Å². The number of rotatable bonds is 4. The van der Waals surface area contributed by atoms with Gasteiger partial charge in [0.05, 0.1) is 0 Å². The van der Waals surface area contributed by atoms with E-state index in [0.717, 1.165) is 42.9 Å². The van der Waals surface area contributed by atoms with E-state index in [2.05, 4.69) is 10.3 Å². The van der Waals surface area contributed by atoms with Gasteiger partial charge in [-0.15, -0.1) is 0 Å². The fourth-order valence-electron chi connectivity index (χ4n) is 3.61. The van der Waals surface area contributed by atoms with Crippen LogP contribution in [0.15, 0.2) is 36.7 Å². The Morgan fingerprint density at radius 3 is 2.58 bits per heavy atom. The van der Waals surface area contributed by atoms with Crippen molar-refractivity contribution >= 4 is 17.5 Å². The third-order valence-corrected chi connectivity index (χ3v) is 5.57. The normalized spacial score (nSPS) is 20.8. The molecule has 2 heterocycles. The summed E-state index contributed by atoms with van der Waals surface area (Å²) < 4.78 is 1.99. The van der Waals surface area contributed by atoms with Gasteiger partial charge in [0.2, 0.25) is 11.8 Å². The average Bonchev–Trinajstić information content (AvgIpc) is 3.04. The van der Waals surface area contributed by atoms with E-state index in [1.807, 2.05) is 48.9 Å². The zero-order valence-electron chi connectivity index (χ0n) is 15.2. The minimum absolute atomic E-state index is 0.0911. The molecule has 1 saturated heterocycles. The molecule has 2 fully saturated rings. The molecule has 0 unspecified atom stereocenters. The molecular formula is C20H24N4O2. The highest BCUT2D eigenvalue weighted by atomic mass is 16.2. The van der Waals surface area contributed by atoms with Crippen molar-refractivity contribution in [3.8, 4) is 5.69 Å². The van der Waals surface area contributed by atoms with Crippen LogP contribution in [0.3, 0.4) is 0 Å². The number of nitrogens with zero attached hydrogens (tertiary/aromatic N) is 3. The Balaban J connectivity index is 1.44. The van der Waals surface area contributed by atoms with Gasteiger partial charge in [-0.05, 0) is 56.9 Å². The largest absolute Gasteiger partial charge is 0.330 e. The molecule has 1 aromatic carbocycles. The summed E-state index contributed by atoms with van der Waals surface area (Å²) in [5, 5.41) is 2.97. The molecule has 1 aliphatic heterocycles. The molecule has 0 bridgehead atoms. The molecule has 1 N–H and O–H groups in total. The van der Waals surface area contributed by atoms with E-state index in [9.17, 15) is 9.59 Å². The Hall–Kier alpha value is -2.63. The van der Waals surface area contributed by atoms with Gasteiger partial charge in [0.1, 0.15) is 11.9 Å². The van der Waals surface area contributed by atoms with E-state index in [1.165, 1.54) is 0 Å². The fourth-order valence-corrected chi connectivity index (χ4v) is 3.61. The lowest BCUT2D eigenvalue weighted by Crippen LogP contribution is -2.45. The van der Waals surface area contributed by atoms with Crippen LogP contribution >= 0.6 is 0 Å². The topological polar surface area (TPSA) is 67.2 Å². The molecule has 2 aromatic rings. The maximum absolute atomic E-state index is 12.7. The molecule has 1 aromatic heterocycles. The van der Waals surface area contributed by atoms with E-state index < -0.39 is 0 Å². The van der Waals surface area contributed by atoms with Gasteiger partial charge in [-0.3, -0.25) is 9.59 Å². The number of imidazole rings is 1. The first kappa shape index (κ1) is 16.8. The minimum Gasteiger partial charge on any atom is -0.330 e. The van der Waals surface area contributed by atoms with Crippen LogP contribution in [-0.2, 0) is 9.59 Å². The molecule has 0 spiro atoms. The minimum atomic E-state index is -0.351. The van der Waals surface area contributed by atoms with Gasteiger partial charge in [-0.2, -0.15) is 0 Å². The highest BCUT2D eigenvalue weighted by Crippen LogP contribution is 2.47. The second-order valence-electron chi connectivity index (χ2n) is 7.60. The SMILES string of the molecule is Cc1nccn1-c1ccc(NC(=O)[C@H]2CCCN2C(=O)C2(C)CC2)cc1. The van der Waals surface area contributed by atoms with E-state index in [0.29, 0.717) is 6.54 Å². The summed E-state index contributed by atoms with van der Waals surface area (Å²) >= 11 is 0. The van der Waals surface area contributed by atoms with Crippen molar-refractivity contribution in [2.24, 2.45) is 5.41 Å². The Bertz CT molecular complexity index is 836. The summed E-state index contributed by atoms with van der Waals surface area (Å²) in [6.07, 6.45) is 7.16. The third-order valence-electron chi connectivity index (χ3n) is 5.57. The van der Waals surface area contributed by atoms with E-state index in [1.54, 1.807) is 11.1 Å². The zero-order valence-corrected chi connectivity index (χ0v) is 15.2. The molecule has 2 aliphatic rings. The van der Waals surface area contributed by atoms with Crippen LogP contribution in [0.25, 0.3) is 5.69 Å². The Morgan fingerprint density at radius 2 is 1.96 bits per heavy atom. The van der Waals surface area contributed by atoms with E-state index >= 15 is 0 Å². The smallest absolute Gasteiger partial charge is 0.247 e. The molecule has 26 heavy (non-hydrogen) atoms. The third kappa shape index (κ3) is 3.00. The van der Waals surface area contributed by atoms with Crippen LogP contribution in [0.5, 0.6) is 0 Å². The Kier molecular flexibility index (Phi) is 4.05. The predicted molar refractivity (Wildman–Crippen MR) is 99.0 cm³/mol. The van der Waals surface area contributed by atoms with Crippen molar-refractivity contribution in [1.29, 1.82) is 0 Å². The fraction of sp³-hybridized carbons (Fsp3) is 0.450. The summed E-state index contributed by atoms with van der Waals surface area (Å²) in [6.45, 7) is 4.63. The summed E-state index contributed by atoms with van der Waals surface area (Å²) in [6, 6.07) is 7.32. The summed E-state index contributed by atoms with van der Waals surface area (Å²) in [5.41, 5.74) is 1.51. The lowest BCUT2D eigenvalue weighted by Gasteiger charge is -2.26. The van der Waals surface area contributed by atoms with Crippen LogP contribution in [-0.4, -0.2) is 38.9 Å². The van der Waals surface area contributed by atoms with Gasteiger partial charge in [0.15, 0.2) is 0 Å². The molecule has 1 aliphatic carbocycles. The zero-order chi connectivity index (χ0) is 18.3. The van der Waals surface area contributed by atoms with Gasteiger partial charge in [0.25, 0.3) is 0 Å². The average molecular weight is 352 g/mol. The summed E-state index contributed by atoms with van der Waals surface area (Å²) in [5.74, 6) is 0.961. The standard InChI is InChI=1S/C20H24N4O2/c1-14-21-11-13-23(14)16-7-5-15(6-8-16)22-18(25)17-4-3-12-24(17)19(26)20(2)9-10-20/h5-8,11,13,17H,3-4,9-10,12H2,1-2H3,(H,22,25)/t17-/m1/s1. The van der Waals surface area contributed by atoms with Crippen molar-refractivity contribution in [3.05, 3.63) is 42.5 Å². The highest BCUT2D eigenvalue weighted by Gasteiger charge is 2.50. The van der Waals surface area contributed by atoms with Crippen molar-refractivity contribution in [2.75, 3.05) is 11.9 Å². The number of amides is 2. The first-order valence-electron chi connectivity index (χ1n) is 9.20. The van der Waals surface area contributed by atoms with Crippen molar-refractivity contribution in [3.63, 3.8) is 0 Å². The number of carbonyl (C=O) groups is 2. The first-order chi connectivity index (χ1) is 12.5. The second kappa shape index (κ2) is 6.27. The predicted octanol–water partition coefficient (Wildman–Crippen LogP) is 2.91. The Morgan fingerprint density at radius 1 is 1.23 bits per heavy atom. The number of anilines is 1. The lowest BCUT2D eigenvalue weighted by atomic mass is 10.1. The summed E-state index contributed by atoms with van der Waals surface area (Å²) in [4.78, 5) is 31.4. The quantitative estimate of drug-likeness (QED) is 0.920. The number of nitrogens with one attached hydrogen (secondary N) is 1. The van der Waals surface area contributed by atoms with Crippen LogP contribution in [0, 0.1) is 12.3 Å². The number of hydrogen-bond acceptors (Lipinski definition) is 3. The molecule has 136 valence electrons. The van der Waals surface area contributed by atoms with E-state index in [4.69, 9.17) is 0 Å². The lowest BCUT2D eigenvalue weighted by molar-refractivity contribution is -0.140. The molecule has 2 amide bonds. The van der Waals surface area contributed by atoms with Crippen LogP contribution in [0.4, 0.5) is 5.69 Å². The van der Waals surface area contributed by atoms with E-state index in [-0.39, 0.29) is 23.3 Å². The molecule has 0 radical (unpaired) electrons. The van der Waals surface area contributed by atoms with Crippen LogP contribution in [0.1, 0.15) is 38.4 Å². The van der Waals surface area contributed by atoms with Gasteiger partial charge >= 0.3 is 0 Å². The first-order valence-corrected chi connectivity index (χ1v) is 9.20. The number of hydrogen-bond donors (Lipinski definition) is 1. The molecule has 6 heteroatoms. The number of carbonyl (C=O) groups excluding carboxylic acids is 2.